The van der Waals surface area contributed by atoms with Crippen molar-refractivity contribution in [3.8, 4) is 0 Å². The molecule has 1 saturated carbocycles. The summed E-state index contributed by atoms with van der Waals surface area (Å²) in [5.41, 5.74) is 6.88. The first-order valence-corrected chi connectivity index (χ1v) is 6.60. The van der Waals surface area contributed by atoms with Gasteiger partial charge in [0.15, 0.2) is 0 Å². The molecule has 1 heterocycles. The highest BCUT2D eigenvalue weighted by atomic mass is 16.5. The highest BCUT2D eigenvalue weighted by molar-refractivity contribution is 5.56. The molecule has 2 rings (SSSR count). The molecule has 5 heteroatoms. The van der Waals surface area contributed by atoms with Crippen LogP contribution in [0.15, 0.2) is 6.33 Å². The van der Waals surface area contributed by atoms with Crippen LogP contribution in [0, 0.1) is 5.92 Å². The smallest absolute Gasteiger partial charge is 0.137 e. The maximum atomic E-state index is 5.86. The third kappa shape index (κ3) is 3.32. The van der Waals surface area contributed by atoms with Crippen LogP contribution in [-0.4, -0.2) is 36.8 Å². The van der Waals surface area contributed by atoms with Gasteiger partial charge >= 0.3 is 0 Å². The maximum Gasteiger partial charge on any atom is 0.137 e. The lowest BCUT2D eigenvalue weighted by molar-refractivity contribution is 0.130. The Bertz CT molecular complexity index is 393. The van der Waals surface area contributed by atoms with Crippen molar-refractivity contribution in [2.45, 2.75) is 26.2 Å². The van der Waals surface area contributed by atoms with Crippen LogP contribution in [0.3, 0.4) is 0 Å². The van der Waals surface area contributed by atoms with Crippen LogP contribution in [0.4, 0.5) is 11.6 Å². The summed E-state index contributed by atoms with van der Waals surface area (Å²) in [6.45, 7) is 4.53. The first-order chi connectivity index (χ1) is 8.72. The SMILES string of the molecule is CCc1c(N)ncnc1N(C)CCOCC1CC1. The van der Waals surface area contributed by atoms with Crippen LogP contribution >= 0.6 is 0 Å². The molecule has 1 aliphatic rings. The Morgan fingerprint density at radius 2 is 2.22 bits per heavy atom. The van der Waals surface area contributed by atoms with E-state index < -0.39 is 0 Å². The molecule has 0 amide bonds. The zero-order valence-corrected chi connectivity index (χ0v) is 11.2. The number of anilines is 2. The van der Waals surface area contributed by atoms with E-state index in [2.05, 4.69) is 21.8 Å². The average molecular weight is 250 g/mol. The molecule has 0 saturated heterocycles. The number of hydrogen-bond donors (Lipinski definition) is 1. The van der Waals surface area contributed by atoms with E-state index in [1.807, 2.05) is 7.05 Å². The monoisotopic (exact) mass is 250 g/mol. The molecule has 1 aromatic heterocycles. The Morgan fingerprint density at radius 3 is 2.89 bits per heavy atom. The molecule has 1 aliphatic carbocycles. The van der Waals surface area contributed by atoms with Crippen molar-refractivity contribution in [3.05, 3.63) is 11.9 Å². The van der Waals surface area contributed by atoms with Crippen molar-refractivity contribution in [3.63, 3.8) is 0 Å². The van der Waals surface area contributed by atoms with Crippen molar-refractivity contribution in [2.24, 2.45) is 5.92 Å². The summed E-state index contributed by atoms with van der Waals surface area (Å²) >= 11 is 0. The van der Waals surface area contributed by atoms with E-state index in [1.54, 1.807) is 0 Å². The lowest BCUT2D eigenvalue weighted by Gasteiger charge is -2.21. The molecule has 1 fully saturated rings. The minimum Gasteiger partial charge on any atom is -0.383 e. The summed E-state index contributed by atoms with van der Waals surface area (Å²) in [5, 5.41) is 0. The van der Waals surface area contributed by atoms with Gasteiger partial charge in [0.25, 0.3) is 0 Å². The number of nitrogens with two attached hydrogens (primary N) is 1. The summed E-state index contributed by atoms with van der Waals surface area (Å²) in [7, 11) is 2.02. The molecule has 0 aromatic carbocycles. The summed E-state index contributed by atoms with van der Waals surface area (Å²) in [6, 6.07) is 0. The average Bonchev–Trinajstić information content (AvgIpc) is 3.18. The summed E-state index contributed by atoms with van der Waals surface area (Å²) < 4.78 is 5.64. The number of nitrogens with zero attached hydrogens (tertiary/aromatic N) is 3. The van der Waals surface area contributed by atoms with Crippen LogP contribution in [0.2, 0.25) is 0 Å². The molecule has 0 radical (unpaired) electrons. The van der Waals surface area contributed by atoms with Crippen molar-refractivity contribution in [1.82, 2.24) is 9.97 Å². The lowest BCUT2D eigenvalue weighted by Crippen LogP contribution is -2.25. The summed E-state index contributed by atoms with van der Waals surface area (Å²) in [5.74, 6) is 2.31. The standard InChI is InChI=1S/C13H22N4O/c1-3-11-12(14)15-9-16-13(11)17(2)6-7-18-8-10-4-5-10/h9-10H,3-8H2,1-2H3,(H2,14,15,16). The van der Waals surface area contributed by atoms with Crippen molar-refractivity contribution in [2.75, 3.05) is 37.4 Å². The second kappa shape index (κ2) is 6.00. The van der Waals surface area contributed by atoms with Gasteiger partial charge in [-0.25, -0.2) is 9.97 Å². The van der Waals surface area contributed by atoms with Gasteiger partial charge in [0.1, 0.15) is 18.0 Å². The number of aromatic nitrogens is 2. The number of hydrogen-bond acceptors (Lipinski definition) is 5. The van der Waals surface area contributed by atoms with E-state index in [1.165, 1.54) is 19.2 Å². The normalized spacial score (nSPS) is 14.8. The predicted molar refractivity (Wildman–Crippen MR) is 72.6 cm³/mol. The van der Waals surface area contributed by atoms with Crippen LogP contribution in [-0.2, 0) is 11.2 Å². The van der Waals surface area contributed by atoms with Crippen LogP contribution in [0.25, 0.3) is 0 Å². The quantitative estimate of drug-likeness (QED) is 0.743. The van der Waals surface area contributed by atoms with Gasteiger partial charge in [-0.3, -0.25) is 0 Å². The number of nitrogen functional groups attached to an aromatic ring is 1. The second-order valence-electron chi connectivity index (χ2n) is 4.85. The zero-order valence-electron chi connectivity index (χ0n) is 11.2. The Morgan fingerprint density at radius 1 is 1.44 bits per heavy atom. The third-order valence-electron chi connectivity index (χ3n) is 3.29. The van der Waals surface area contributed by atoms with Gasteiger partial charge in [-0.15, -0.1) is 0 Å². The van der Waals surface area contributed by atoms with Gasteiger partial charge in [-0.2, -0.15) is 0 Å². The largest absolute Gasteiger partial charge is 0.383 e. The van der Waals surface area contributed by atoms with E-state index >= 15 is 0 Å². The Balaban J connectivity index is 1.86. The van der Waals surface area contributed by atoms with Crippen LogP contribution in [0.1, 0.15) is 25.3 Å². The molecule has 0 aliphatic heterocycles. The fourth-order valence-electron chi connectivity index (χ4n) is 1.93. The summed E-state index contributed by atoms with van der Waals surface area (Å²) in [6.07, 6.45) is 5.02. The van der Waals surface area contributed by atoms with Crippen molar-refractivity contribution < 1.29 is 4.74 Å². The fraction of sp³-hybridized carbons (Fsp3) is 0.692. The van der Waals surface area contributed by atoms with E-state index in [-0.39, 0.29) is 0 Å². The fourth-order valence-corrected chi connectivity index (χ4v) is 1.93. The van der Waals surface area contributed by atoms with Gasteiger partial charge in [0, 0.05) is 25.8 Å². The van der Waals surface area contributed by atoms with Crippen molar-refractivity contribution in [1.29, 1.82) is 0 Å². The van der Waals surface area contributed by atoms with E-state index in [9.17, 15) is 0 Å². The highest BCUT2D eigenvalue weighted by Crippen LogP contribution is 2.28. The van der Waals surface area contributed by atoms with Gasteiger partial charge in [0.2, 0.25) is 0 Å². The number of ether oxygens (including phenoxy) is 1. The molecule has 5 nitrogen and oxygen atoms in total. The highest BCUT2D eigenvalue weighted by Gasteiger charge is 2.21. The number of likely N-dealkylation sites (N-methyl/N-ethyl adjacent to an activating group) is 1. The molecule has 100 valence electrons. The van der Waals surface area contributed by atoms with E-state index in [4.69, 9.17) is 10.5 Å². The molecule has 2 N–H and O–H groups in total. The Kier molecular flexibility index (Phi) is 4.36. The van der Waals surface area contributed by atoms with Crippen LogP contribution < -0.4 is 10.6 Å². The maximum absolute atomic E-state index is 5.86. The zero-order chi connectivity index (χ0) is 13.0. The molecule has 0 bridgehead atoms. The molecular formula is C13H22N4O. The first-order valence-electron chi connectivity index (χ1n) is 6.60. The second-order valence-corrected chi connectivity index (χ2v) is 4.85. The third-order valence-corrected chi connectivity index (χ3v) is 3.29. The molecule has 18 heavy (non-hydrogen) atoms. The molecule has 0 unspecified atom stereocenters. The molecule has 0 atom stereocenters. The Hall–Kier alpha value is -1.36. The minimum absolute atomic E-state index is 0.577. The van der Waals surface area contributed by atoms with Gasteiger partial charge in [-0.05, 0) is 25.2 Å². The minimum atomic E-state index is 0.577. The summed E-state index contributed by atoms with van der Waals surface area (Å²) in [4.78, 5) is 10.4. The lowest BCUT2D eigenvalue weighted by atomic mass is 10.2. The first kappa shape index (κ1) is 13.1. The van der Waals surface area contributed by atoms with Crippen molar-refractivity contribution >= 4 is 11.6 Å². The molecular weight excluding hydrogens is 228 g/mol. The van der Waals surface area contributed by atoms with Crippen LogP contribution in [0.5, 0.6) is 0 Å². The molecule has 1 aromatic rings. The number of rotatable bonds is 7. The van der Waals surface area contributed by atoms with Gasteiger partial charge < -0.3 is 15.4 Å². The van der Waals surface area contributed by atoms with E-state index in [0.29, 0.717) is 5.82 Å². The van der Waals surface area contributed by atoms with E-state index in [0.717, 1.165) is 43.5 Å². The Labute approximate surface area is 108 Å². The topological polar surface area (TPSA) is 64.3 Å². The van der Waals surface area contributed by atoms with Gasteiger partial charge in [-0.1, -0.05) is 6.92 Å². The molecule has 0 spiro atoms. The van der Waals surface area contributed by atoms with Gasteiger partial charge in [0.05, 0.1) is 6.61 Å². The predicted octanol–water partition coefficient (Wildman–Crippen LogP) is 1.48.